The van der Waals surface area contributed by atoms with Gasteiger partial charge in [-0.1, -0.05) is 27.2 Å². The van der Waals surface area contributed by atoms with Gasteiger partial charge >= 0.3 is 0 Å². The van der Waals surface area contributed by atoms with E-state index in [1.165, 1.54) is 19.3 Å². The van der Waals surface area contributed by atoms with Crippen LogP contribution in [-0.4, -0.2) is 0 Å². The summed E-state index contributed by atoms with van der Waals surface area (Å²) in [6.45, 7) is 7.08. The second-order valence-corrected chi connectivity index (χ2v) is 3.92. The maximum atomic E-state index is 2.38. The molecule has 0 aliphatic heterocycles. The number of hydrogen-bond donors (Lipinski definition) is 0. The third-order valence-corrected chi connectivity index (χ3v) is 2.68. The topological polar surface area (TPSA) is 0 Å². The average molecular weight is 126 g/mol. The van der Waals surface area contributed by atoms with E-state index in [0.717, 1.165) is 17.8 Å². The molecule has 0 heteroatoms. The van der Waals surface area contributed by atoms with Crippen LogP contribution < -0.4 is 0 Å². The van der Waals surface area contributed by atoms with Gasteiger partial charge in [-0.3, -0.25) is 0 Å². The molecule has 0 aromatic heterocycles. The van der Waals surface area contributed by atoms with Crippen LogP contribution in [0.25, 0.3) is 0 Å². The highest BCUT2D eigenvalue weighted by molar-refractivity contribution is 4.74. The minimum Gasteiger partial charge on any atom is -0.0625 e. The molecule has 2 atom stereocenters. The van der Waals surface area contributed by atoms with Crippen LogP contribution in [0.3, 0.4) is 0 Å². The number of hydrogen-bond acceptors (Lipinski definition) is 0. The molecule has 1 aliphatic rings. The van der Waals surface area contributed by atoms with E-state index in [1.54, 1.807) is 0 Å². The van der Waals surface area contributed by atoms with Crippen molar-refractivity contribution in [3.8, 4) is 0 Å². The highest BCUT2D eigenvalue weighted by Crippen LogP contribution is 2.34. The van der Waals surface area contributed by atoms with Crippen molar-refractivity contribution >= 4 is 0 Å². The highest BCUT2D eigenvalue weighted by atomic mass is 14.3. The zero-order valence-corrected chi connectivity index (χ0v) is 6.85. The normalized spacial score (nSPS) is 36.0. The van der Waals surface area contributed by atoms with Crippen molar-refractivity contribution in [2.75, 3.05) is 0 Å². The summed E-state index contributed by atoms with van der Waals surface area (Å²) in [6.07, 6.45) is 4.44. The molecule has 0 saturated heterocycles. The molecular weight excluding hydrogens is 108 g/mol. The first-order valence-electron chi connectivity index (χ1n) is 4.20. The van der Waals surface area contributed by atoms with E-state index in [0.29, 0.717) is 0 Å². The van der Waals surface area contributed by atoms with E-state index in [2.05, 4.69) is 20.8 Å². The summed E-state index contributed by atoms with van der Waals surface area (Å²) in [4.78, 5) is 0. The Hall–Kier alpha value is 0. The fraction of sp³-hybridized carbons (Fsp3) is 1.00. The largest absolute Gasteiger partial charge is 0.0625 e. The van der Waals surface area contributed by atoms with Crippen LogP contribution in [0.15, 0.2) is 0 Å². The molecule has 0 aromatic carbocycles. The van der Waals surface area contributed by atoms with Gasteiger partial charge in [0.05, 0.1) is 0 Å². The lowest BCUT2D eigenvalue weighted by Crippen LogP contribution is -2.02. The summed E-state index contributed by atoms with van der Waals surface area (Å²) < 4.78 is 0. The van der Waals surface area contributed by atoms with Crippen LogP contribution >= 0.6 is 0 Å². The summed E-state index contributed by atoms with van der Waals surface area (Å²) >= 11 is 0. The maximum Gasteiger partial charge on any atom is -0.0388 e. The molecule has 1 unspecified atom stereocenters. The first-order chi connectivity index (χ1) is 4.20. The average Bonchev–Trinajstić information content (AvgIpc) is 2.14. The van der Waals surface area contributed by atoms with Crippen molar-refractivity contribution in [2.24, 2.45) is 17.8 Å². The lowest BCUT2D eigenvalue weighted by molar-refractivity contribution is 0.384. The van der Waals surface area contributed by atoms with Crippen LogP contribution in [0.1, 0.15) is 40.0 Å². The zero-order chi connectivity index (χ0) is 6.85. The first kappa shape index (κ1) is 7.11. The summed E-state index contributed by atoms with van der Waals surface area (Å²) in [5.41, 5.74) is 0. The standard InChI is InChI=1S/C9H18/c1-7(2)9-5-4-8(3)6-9/h7-9H,4-6H2,1-3H3/t8?,9-/m1/s1. The Morgan fingerprint density at radius 2 is 1.89 bits per heavy atom. The van der Waals surface area contributed by atoms with Gasteiger partial charge in [0.25, 0.3) is 0 Å². The SMILES string of the molecule is CC1CC[C@@H](C(C)C)C1. The van der Waals surface area contributed by atoms with Gasteiger partial charge in [0.15, 0.2) is 0 Å². The summed E-state index contributed by atoms with van der Waals surface area (Å²) in [5, 5.41) is 0. The smallest absolute Gasteiger partial charge is 0.0388 e. The molecule has 0 heterocycles. The van der Waals surface area contributed by atoms with Gasteiger partial charge in [-0.05, 0) is 30.6 Å². The van der Waals surface area contributed by atoms with Gasteiger partial charge < -0.3 is 0 Å². The number of rotatable bonds is 1. The molecule has 0 N–H and O–H groups in total. The van der Waals surface area contributed by atoms with Crippen LogP contribution in [-0.2, 0) is 0 Å². The minimum atomic E-state index is 0.926. The minimum absolute atomic E-state index is 0.926. The predicted octanol–water partition coefficient (Wildman–Crippen LogP) is 3.08. The molecular formula is C9H18. The van der Waals surface area contributed by atoms with E-state index in [-0.39, 0.29) is 0 Å². The highest BCUT2D eigenvalue weighted by Gasteiger charge is 2.23. The predicted molar refractivity (Wildman–Crippen MR) is 41.3 cm³/mol. The van der Waals surface area contributed by atoms with Crippen LogP contribution in [0.2, 0.25) is 0 Å². The molecule has 1 rings (SSSR count). The maximum absolute atomic E-state index is 2.38. The van der Waals surface area contributed by atoms with Gasteiger partial charge in [-0.15, -0.1) is 0 Å². The van der Waals surface area contributed by atoms with Gasteiger partial charge in [-0.25, -0.2) is 0 Å². The van der Waals surface area contributed by atoms with Gasteiger partial charge in [-0.2, -0.15) is 0 Å². The quantitative estimate of drug-likeness (QED) is 0.506. The Kier molecular flexibility index (Phi) is 2.15. The third-order valence-electron chi connectivity index (χ3n) is 2.68. The van der Waals surface area contributed by atoms with Crippen molar-refractivity contribution in [2.45, 2.75) is 40.0 Å². The van der Waals surface area contributed by atoms with E-state index in [4.69, 9.17) is 0 Å². The Labute approximate surface area is 58.7 Å². The van der Waals surface area contributed by atoms with Crippen molar-refractivity contribution in [3.05, 3.63) is 0 Å². The van der Waals surface area contributed by atoms with Crippen molar-refractivity contribution in [1.29, 1.82) is 0 Å². The Bertz CT molecular complexity index is 84.0. The van der Waals surface area contributed by atoms with Crippen molar-refractivity contribution < 1.29 is 0 Å². The molecule has 1 saturated carbocycles. The molecule has 0 aromatic rings. The van der Waals surface area contributed by atoms with Crippen LogP contribution in [0, 0.1) is 17.8 Å². The second-order valence-electron chi connectivity index (χ2n) is 3.92. The molecule has 1 fully saturated rings. The molecule has 9 heavy (non-hydrogen) atoms. The summed E-state index contributed by atoms with van der Waals surface area (Å²) in [7, 11) is 0. The van der Waals surface area contributed by atoms with Crippen molar-refractivity contribution in [3.63, 3.8) is 0 Å². The summed E-state index contributed by atoms with van der Waals surface area (Å²) in [6, 6.07) is 0. The molecule has 0 radical (unpaired) electrons. The molecule has 0 spiro atoms. The Balaban J connectivity index is 2.30. The second kappa shape index (κ2) is 2.72. The lowest BCUT2D eigenvalue weighted by Gasteiger charge is -2.12. The van der Waals surface area contributed by atoms with Gasteiger partial charge in [0.1, 0.15) is 0 Å². The zero-order valence-electron chi connectivity index (χ0n) is 6.85. The fourth-order valence-corrected chi connectivity index (χ4v) is 1.86. The Morgan fingerprint density at radius 3 is 2.11 bits per heavy atom. The Morgan fingerprint density at radius 1 is 1.22 bits per heavy atom. The van der Waals surface area contributed by atoms with Gasteiger partial charge in [0.2, 0.25) is 0 Å². The molecule has 1 aliphatic carbocycles. The lowest BCUT2D eigenvalue weighted by atomic mass is 9.94. The molecule has 0 nitrogen and oxygen atoms in total. The molecule has 0 amide bonds. The van der Waals surface area contributed by atoms with Gasteiger partial charge in [0, 0.05) is 0 Å². The van der Waals surface area contributed by atoms with Crippen molar-refractivity contribution in [1.82, 2.24) is 0 Å². The monoisotopic (exact) mass is 126 g/mol. The van der Waals surface area contributed by atoms with E-state index in [1.807, 2.05) is 0 Å². The van der Waals surface area contributed by atoms with E-state index in [9.17, 15) is 0 Å². The fourth-order valence-electron chi connectivity index (χ4n) is 1.86. The van der Waals surface area contributed by atoms with E-state index >= 15 is 0 Å². The van der Waals surface area contributed by atoms with Crippen LogP contribution in [0.5, 0.6) is 0 Å². The van der Waals surface area contributed by atoms with E-state index < -0.39 is 0 Å². The summed E-state index contributed by atoms with van der Waals surface area (Å²) in [5.74, 6) is 2.98. The molecule has 0 bridgehead atoms. The first-order valence-corrected chi connectivity index (χ1v) is 4.20. The van der Waals surface area contributed by atoms with Crippen LogP contribution in [0.4, 0.5) is 0 Å². The molecule has 54 valence electrons. The third kappa shape index (κ3) is 1.70.